The van der Waals surface area contributed by atoms with Crippen molar-refractivity contribution in [1.82, 2.24) is 9.78 Å². The van der Waals surface area contributed by atoms with Crippen molar-refractivity contribution < 1.29 is 13.9 Å². The van der Waals surface area contributed by atoms with Gasteiger partial charge >= 0.3 is 0 Å². The maximum absolute atomic E-state index is 12.6. The second-order valence-electron chi connectivity index (χ2n) is 5.28. The summed E-state index contributed by atoms with van der Waals surface area (Å²) in [4.78, 5) is 12.6. The van der Waals surface area contributed by atoms with Crippen molar-refractivity contribution in [2.75, 3.05) is 14.2 Å². The van der Waals surface area contributed by atoms with Crippen molar-refractivity contribution in [2.24, 2.45) is 0 Å². The standard InChI is InChI=1S/C18H14N2O4/c1-22-13-7-4-12(5-8-13)20-18(21)15-9-11-3-6-14(23-2)10-16(11)24-17(15)19-20/h3-10H,1-2H3. The van der Waals surface area contributed by atoms with Crippen LogP contribution in [0.1, 0.15) is 0 Å². The van der Waals surface area contributed by atoms with E-state index in [4.69, 9.17) is 13.9 Å². The molecule has 2 aromatic carbocycles. The molecule has 0 amide bonds. The fraction of sp³-hybridized carbons (Fsp3) is 0.111. The van der Waals surface area contributed by atoms with E-state index in [0.29, 0.717) is 28.3 Å². The predicted octanol–water partition coefficient (Wildman–Crippen LogP) is 3.10. The maximum Gasteiger partial charge on any atom is 0.284 e. The van der Waals surface area contributed by atoms with Gasteiger partial charge < -0.3 is 13.9 Å². The molecule has 0 aliphatic carbocycles. The third-order valence-corrected chi connectivity index (χ3v) is 3.89. The summed E-state index contributed by atoms with van der Waals surface area (Å²) in [7, 11) is 3.18. The van der Waals surface area contributed by atoms with Crippen LogP contribution in [0, 0.1) is 0 Å². The zero-order chi connectivity index (χ0) is 16.7. The van der Waals surface area contributed by atoms with Crippen LogP contribution in [0.4, 0.5) is 0 Å². The lowest BCUT2D eigenvalue weighted by molar-refractivity contribution is 0.414. The van der Waals surface area contributed by atoms with Gasteiger partial charge in [0.25, 0.3) is 5.56 Å². The lowest BCUT2D eigenvalue weighted by Gasteiger charge is -2.03. The van der Waals surface area contributed by atoms with Gasteiger partial charge in [0.1, 0.15) is 22.6 Å². The predicted molar refractivity (Wildman–Crippen MR) is 89.3 cm³/mol. The molecule has 2 aliphatic rings. The van der Waals surface area contributed by atoms with Crippen LogP contribution in [0.25, 0.3) is 28.1 Å². The molecule has 120 valence electrons. The Hall–Kier alpha value is -3.28. The van der Waals surface area contributed by atoms with Crippen molar-refractivity contribution in [3.8, 4) is 28.6 Å². The number of aromatic nitrogens is 2. The summed E-state index contributed by atoms with van der Waals surface area (Å²) in [5.41, 5.74) is 1.47. The molecule has 2 heterocycles. The van der Waals surface area contributed by atoms with Crippen LogP contribution in [0.3, 0.4) is 0 Å². The summed E-state index contributed by atoms with van der Waals surface area (Å²) in [5.74, 6) is 1.68. The Kier molecular flexibility index (Phi) is 3.23. The number of hydrogen-bond donors (Lipinski definition) is 0. The van der Waals surface area contributed by atoms with E-state index >= 15 is 0 Å². The summed E-state index contributed by atoms with van der Waals surface area (Å²) in [6.45, 7) is 0. The van der Waals surface area contributed by atoms with Gasteiger partial charge in [-0.05, 0) is 42.5 Å². The average molecular weight is 322 g/mol. The Labute approximate surface area is 137 Å². The number of ether oxygens (including phenoxy) is 2. The zero-order valence-electron chi connectivity index (χ0n) is 13.1. The van der Waals surface area contributed by atoms with Crippen molar-refractivity contribution in [2.45, 2.75) is 0 Å². The molecule has 6 heteroatoms. The summed E-state index contributed by atoms with van der Waals surface area (Å²) >= 11 is 0. The van der Waals surface area contributed by atoms with Gasteiger partial charge in [0.05, 0.1) is 19.9 Å². The minimum atomic E-state index is -0.225. The SMILES string of the molecule is COc1ccc(-n2nc3oc4cc(OC)ccc4cc-3c2=O)cc1. The average Bonchev–Trinajstić information content (AvgIpc) is 2.95. The van der Waals surface area contributed by atoms with Crippen LogP contribution >= 0.6 is 0 Å². The molecule has 0 aromatic heterocycles. The molecule has 0 saturated heterocycles. The van der Waals surface area contributed by atoms with Gasteiger partial charge in [0, 0.05) is 11.5 Å². The van der Waals surface area contributed by atoms with Crippen molar-refractivity contribution in [3.63, 3.8) is 0 Å². The largest absolute Gasteiger partial charge is 0.497 e. The molecule has 6 nitrogen and oxygen atoms in total. The van der Waals surface area contributed by atoms with Gasteiger partial charge in [-0.1, -0.05) is 0 Å². The maximum atomic E-state index is 12.6. The Morgan fingerprint density at radius 2 is 1.67 bits per heavy atom. The second kappa shape index (κ2) is 5.42. The lowest BCUT2D eigenvalue weighted by atomic mass is 10.2. The Balaban J connectivity index is 1.91. The molecule has 0 unspecified atom stereocenters. The highest BCUT2D eigenvalue weighted by Gasteiger charge is 2.19. The van der Waals surface area contributed by atoms with Crippen LogP contribution in [-0.2, 0) is 0 Å². The fourth-order valence-corrected chi connectivity index (χ4v) is 2.60. The minimum absolute atomic E-state index is 0.225. The number of fused-ring (bicyclic) bond motifs is 2. The van der Waals surface area contributed by atoms with Crippen molar-refractivity contribution in [1.29, 1.82) is 0 Å². The highest BCUT2D eigenvalue weighted by atomic mass is 16.5. The van der Waals surface area contributed by atoms with Crippen LogP contribution in [0.2, 0.25) is 0 Å². The fourth-order valence-electron chi connectivity index (χ4n) is 2.60. The second-order valence-corrected chi connectivity index (χ2v) is 5.28. The van der Waals surface area contributed by atoms with Crippen LogP contribution in [-0.4, -0.2) is 24.0 Å². The molecule has 0 bridgehead atoms. The number of nitrogens with zero attached hydrogens (tertiary/aromatic N) is 2. The molecule has 0 spiro atoms. The number of hydrogen-bond acceptors (Lipinski definition) is 5. The smallest absolute Gasteiger partial charge is 0.284 e. The highest BCUT2D eigenvalue weighted by molar-refractivity contribution is 5.83. The first-order chi connectivity index (χ1) is 11.7. The molecule has 0 fully saturated rings. The summed E-state index contributed by atoms with van der Waals surface area (Å²) in [6.07, 6.45) is 0. The van der Waals surface area contributed by atoms with Gasteiger partial charge in [-0.2, -0.15) is 4.68 Å². The van der Waals surface area contributed by atoms with E-state index < -0.39 is 0 Å². The van der Waals surface area contributed by atoms with Crippen LogP contribution in [0.5, 0.6) is 11.5 Å². The first-order valence-corrected chi connectivity index (χ1v) is 7.34. The first kappa shape index (κ1) is 14.3. The summed E-state index contributed by atoms with van der Waals surface area (Å²) in [6, 6.07) is 14.3. The molecule has 0 N–H and O–H groups in total. The summed E-state index contributed by atoms with van der Waals surface area (Å²) < 4.78 is 17.4. The normalized spacial score (nSPS) is 11.1. The van der Waals surface area contributed by atoms with Gasteiger partial charge in [0.2, 0.25) is 5.89 Å². The first-order valence-electron chi connectivity index (χ1n) is 7.34. The van der Waals surface area contributed by atoms with E-state index in [1.54, 1.807) is 50.6 Å². The van der Waals surface area contributed by atoms with Crippen LogP contribution < -0.4 is 15.0 Å². The third kappa shape index (κ3) is 2.20. The topological polar surface area (TPSA) is 66.5 Å². The summed E-state index contributed by atoms with van der Waals surface area (Å²) in [5, 5.41) is 5.11. The molecule has 2 aliphatic heterocycles. The lowest BCUT2D eigenvalue weighted by Crippen LogP contribution is -2.14. The van der Waals surface area contributed by atoms with Gasteiger partial charge in [-0.3, -0.25) is 4.79 Å². The molecule has 2 aromatic rings. The highest BCUT2D eigenvalue weighted by Crippen LogP contribution is 2.28. The molecular weight excluding hydrogens is 308 g/mol. The van der Waals surface area contributed by atoms with Crippen molar-refractivity contribution in [3.05, 3.63) is 58.9 Å². The number of methoxy groups -OCH3 is 2. The minimum Gasteiger partial charge on any atom is -0.497 e. The Morgan fingerprint density at radius 1 is 0.958 bits per heavy atom. The van der Waals surface area contributed by atoms with E-state index in [1.807, 2.05) is 12.1 Å². The van der Waals surface area contributed by atoms with Gasteiger partial charge in [-0.15, -0.1) is 5.10 Å². The quantitative estimate of drug-likeness (QED) is 0.580. The molecule has 4 rings (SSSR count). The Morgan fingerprint density at radius 3 is 2.38 bits per heavy atom. The van der Waals surface area contributed by atoms with E-state index in [-0.39, 0.29) is 11.4 Å². The van der Waals surface area contributed by atoms with E-state index in [9.17, 15) is 4.79 Å². The monoisotopic (exact) mass is 322 g/mol. The number of rotatable bonds is 3. The van der Waals surface area contributed by atoms with Gasteiger partial charge in [0.15, 0.2) is 0 Å². The van der Waals surface area contributed by atoms with E-state index in [2.05, 4.69) is 5.10 Å². The van der Waals surface area contributed by atoms with Gasteiger partial charge in [-0.25, -0.2) is 0 Å². The van der Waals surface area contributed by atoms with E-state index in [1.165, 1.54) is 4.68 Å². The Bertz CT molecular complexity index is 1050. The third-order valence-electron chi connectivity index (χ3n) is 3.89. The van der Waals surface area contributed by atoms with Crippen LogP contribution in [0.15, 0.2) is 57.7 Å². The molecule has 0 saturated carbocycles. The molecule has 0 atom stereocenters. The van der Waals surface area contributed by atoms with Crippen molar-refractivity contribution >= 4 is 11.0 Å². The zero-order valence-corrected chi connectivity index (χ0v) is 13.1. The van der Waals surface area contributed by atoms with E-state index in [0.717, 1.165) is 5.39 Å². The number of benzene rings is 2. The molecule has 0 radical (unpaired) electrons. The molecular formula is C18H14N2O4. The molecule has 24 heavy (non-hydrogen) atoms.